The van der Waals surface area contributed by atoms with Crippen LogP contribution in [0.25, 0.3) is 0 Å². The molecule has 0 aromatic heterocycles. The summed E-state index contributed by atoms with van der Waals surface area (Å²) in [5.74, 6) is -0.409. The fourth-order valence-electron chi connectivity index (χ4n) is 0.509. The van der Waals surface area contributed by atoms with Gasteiger partial charge in [0, 0.05) is 6.92 Å². The second kappa shape index (κ2) is 4.06. The summed E-state index contributed by atoms with van der Waals surface area (Å²) in [5, 5.41) is 10.4. The van der Waals surface area contributed by atoms with Crippen LogP contribution in [-0.2, 0) is 9.53 Å². The minimum atomic E-state index is -1.19. The Morgan fingerprint density at radius 1 is 1.42 bits per heavy atom. The summed E-state index contributed by atoms with van der Waals surface area (Å²) in [6.45, 7) is 1.58. The van der Waals surface area contributed by atoms with Crippen LogP contribution in [0, 0.1) is 0 Å². The van der Waals surface area contributed by atoms with Crippen molar-refractivity contribution in [2.45, 2.75) is 6.92 Å². The molecule has 0 N–H and O–H groups in total. The third kappa shape index (κ3) is 3.92. The van der Waals surface area contributed by atoms with Gasteiger partial charge in [0.15, 0.2) is 0 Å². The second-order valence-corrected chi connectivity index (χ2v) is 3.01. The highest BCUT2D eigenvalue weighted by Crippen LogP contribution is 1.94. The molecule has 0 radical (unpaired) electrons. The molecule has 1 amide bonds. The average Bonchev–Trinajstić information content (AvgIpc) is 1.85. The molecule has 0 saturated carbocycles. The van der Waals surface area contributed by atoms with Gasteiger partial charge < -0.3 is 14.6 Å². The molecule has 0 fully saturated rings. The maximum Gasteiger partial charge on any atom is 0.302 e. The van der Waals surface area contributed by atoms with Crippen molar-refractivity contribution < 1.29 is 23.9 Å². The van der Waals surface area contributed by atoms with Gasteiger partial charge in [0.25, 0.3) is 6.09 Å². The number of carbonyl (C=O) groups is 2. The number of carbonyl (C=O) groups excluding carboxylic acids is 2. The second-order valence-electron chi connectivity index (χ2n) is 3.01. The normalized spacial score (nSPS) is 10.9. The van der Waals surface area contributed by atoms with E-state index in [-0.39, 0.29) is 17.6 Å². The van der Waals surface area contributed by atoms with E-state index in [1.54, 1.807) is 0 Å². The van der Waals surface area contributed by atoms with E-state index in [0.29, 0.717) is 0 Å². The van der Waals surface area contributed by atoms with Crippen LogP contribution in [0.4, 0.5) is 4.79 Å². The molecular formula is C7H13NO4. The molecule has 0 unspecified atom stereocenters. The van der Waals surface area contributed by atoms with Crippen LogP contribution in [0.1, 0.15) is 6.92 Å². The molecule has 5 heteroatoms. The van der Waals surface area contributed by atoms with Crippen molar-refractivity contribution in [2.75, 3.05) is 27.2 Å². The van der Waals surface area contributed by atoms with E-state index in [0.717, 1.165) is 0 Å². The summed E-state index contributed by atoms with van der Waals surface area (Å²) >= 11 is 0. The van der Waals surface area contributed by atoms with E-state index in [1.165, 1.54) is 21.0 Å². The summed E-state index contributed by atoms with van der Waals surface area (Å²) in [4.78, 5) is 20.7. The average molecular weight is 175 g/mol. The Morgan fingerprint density at radius 2 is 1.92 bits per heavy atom. The SMILES string of the molecule is CC(=O)OCC[N+](C)(C)C(=O)[O-]. The van der Waals surface area contributed by atoms with Gasteiger partial charge in [0.2, 0.25) is 0 Å². The van der Waals surface area contributed by atoms with Gasteiger partial charge >= 0.3 is 5.97 Å². The Kier molecular flexibility index (Phi) is 3.69. The van der Waals surface area contributed by atoms with Crippen LogP contribution in [0.2, 0.25) is 0 Å². The van der Waals surface area contributed by atoms with E-state index >= 15 is 0 Å². The third-order valence-corrected chi connectivity index (χ3v) is 1.45. The van der Waals surface area contributed by atoms with Gasteiger partial charge in [0.1, 0.15) is 13.2 Å². The highest BCUT2D eigenvalue weighted by Gasteiger charge is 2.17. The topological polar surface area (TPSA) is 66.4 Å². The first kappa shape index (κ1) is 10.9. The quantitative estimate of drug-likeness (QED) is 0.406. The minimum Gasteiger partial charge on any atom is -0.498 e. The number of nitrogens with zero attached hydrogens (tertiary/aromatic N) is 1. The van der Waals surface area contributed by atoms with E-state index in [9.17, 15) is 14.7 Å². The lowest BCUT2D eigenvalue weighted by molar-refractivity contribution is -0.838. The summed E-state index contributed by atoms with van der Waals surface area (Å²) in [5.41, 5.74) is 0. The molecule has 0 rings (SSSR count). The smallest absolute Gasteiger partial charge is 0.302 e. The maximum atomic E-state index is 10.4. The first-order valence-electron chi connectivity index (χ1n) is 3.54. The van der Waals surface area contributed by atoms with Crippen LogP contribution in [0.3, 0.4) is 0 Å². The molecule has 0 bridgehead atoms. The van der Waals surface area contributed by atoms with Crippen LogP contribution in [0.5, 0.6) is 0 Å². The lowest BCUT2D eigenvalue weighted by Gasteiger charge is -2.28. The largest absolute Gasteiger partial charge is 0.498 e. The Bertz CT molecular complexity index is 188. The summed E-state index contributed by atoms with van der Waals surface area (Å²) in [6, 6.07) is 0. The van der Waals surface area contributed by atoms with Gasteiger partial charge in [-0.15, -0.1) is 0 Å². The lowest BCUT2D eigenvalue weighted by Crippen LogP contribution is -2.54. The standard InChI is InChI=1S/C7H13NO4/c1-6(9)12-5-4-8(2,3)7(10)11/h4-5H2,1-3H3. The number of ether oxygens (including phenoxy) is 1. The number of carboxylic acid groups (broad SMARTS) is 1. The number of rotatable bonds is 3. The number of quaternary nitrogens is 1. The molecule has 70 valence electrons. The Balaban J connectivity index is 3.76. The van der Waals surface area contributed by atoms with Gasteiger partial charge in [-0.05, 0) is 0 Å². The predicted molar refractivity (Wildman–Crippen MR) is 39.0 cm³/mol. The molecule has 0 aliphatic heterocycles. The van der Waals surface area contributed by atoms with E-state index < -0.39 is 12.1 Å². The molecule has 0 aliphatic carbocycles. The number of hydrogen-bond donors (Lipinski definition) is 0. The van der Waals surface area contributed by atoms with Crippen LogP contribution >= 0.6 is 0 Å². The Labute approximate surface area is 71.1 Å². The van der Waals surface area contributed by atoms with Crippen molar-refractivity contribution in [1.82, 2.24) is 0 Å². The molecule has 0 aromatic carbocycles. The van der Waals surface area contributed by atoms with Gasteiger partial charge in [-0.1, -0.05) is 0 Å². The molecule has 0 aromatic rings. The number of hydrogen-bond acceptors (Lipinski definition) is 4. The zero-order valence-electron chi connectivity index (χ0n) is 7.49. The summed E-state index contributed by atoms with van der Waals surface area (Å²) < 4.78 is 4.27. The molecule has 0 aliphatic rings. The summed E-state index contributed by atoms with van der Waals surface area (Å²) in [7, 11) is 2.94. The highest BCUT2D eigenvalue weighted by molar-refractivity contribution is 5.65. The van der Waals surface area contributed by atoms with Crippen molar-refractivity contribution in [3.8, 4) is 0 Å². The van der Waals surface area contributed by atoms with Crippen molar-refractivity contribution in [2.24, 2.45) is 0 Å². The van der Waals surface area contributed by atoms with Crippen LogP contribution < -0.4 is 5.11 Å². The molecule has 0 spiro atoms. The Morgan fingerprint density at radius 3 is 2.25 bits per heavy atom. The van der Waals surface area contributed by atoms with E-state index in [2.05, 4.69) is 4.74 Å². The number of amides is 1. The monoisotopic (exact) mass is 175 g/mol. The first-order chi connectivity index (χ1) is 5.36. The zero-order chi connectivity index (χ0) is 9.78. The number of likely N-dealkylation sites (N-methyl/N-ethyl adjacent to an activating group) is 1. The minimum absolute atomic E-state index is 0.0936. The van der Waals surface area contributed by atoms with E-state index in [1.807, 2.05) is 0 Å². The highest BCUT2D eigenvalue weighted by atomic mass is 16.5. The van der Waals surface area contributed by atoms with E-state index in [4.69, 9.17) is 0 Å². The molecular weight excluding hydrogens is 162 g/mol. The van der Waals surface area contributed by atoms with Crippen molar-refractivity contribution in [1.29, 1.82) is 0 Å². The summed E-state index contributed by atoms with van der Waals surface area (Å²) in [6.07, 6.45) is -1.19. The van der Waals surface area contributed by atoms with Gasteiger partial charge in [0.05, 0.1) is 14.1 Å². The van der Waals surface area contributed by atoms with Crippen molar-refractivity contribution in [3.63, 3.8) is 0 Å². The fraction of sp³-hybridized carbons (Fsp3) is 0.714. The lowest BCUT2D eigenvalue weighted by atomic mass is 10.5. The van der Waals surface area contributed by atoms with Gasteiger partial charge in [-0.3, -0.25) is 9.28 Å². The molecule has 12 heavy (non-hydrogen) atoms. The van der Waals surface area contributed by atoms with Crippen LogP contribution in [0.15, 0.2) is 0 Å². The van der Waals surface area contributed by atoms with Gasteiger partial charge in [-0.2, -0.15) is 0 Å². The zero-order valence-corrected chi connectivity index (χ0v) is 7.49. The molecule has 0 heterocycles. The van der Waals surface area contributed by atoms with Crippen molar-refractivity contribution >= 4 is 12.1 Å². The van der Waals surface area contributed by atoms with Gasteiger partial charge in [-0.25, -0.2) is 0 Å². The maximum absolute atomic E-state index is 10.4. The Hall–Kier alpha value is -1.10. The molecule has 0 saturated heterocycles. The van der Waals surface area contributed by atoms with Crippen LogP contribution in [-0.4, -0.2) is 43.8 Å². The predicted octanol–water partition coefficient (Wildman–Crippen LogP) is -1.03. The first-order valence-corrected chi connectivity index (χ1v) is 3.54. The van der Waals surface area contributed by atoms with Crippen molar-refractivity contribution in [3.05, 3.63) is 0 Å². The third-order valence-electron chi connectivity index (χ3n) is 1.45. The number of esters is 1. The molecule has 0 atom stereocenters. The fourth-order valence-corrected chi connectivity index (χ4v) is 0.509. The molecule has 5 nitrogen and oxygen atoms in total.